The van der Waals surface area contributed by atoms with E-state index < -0.39 is 0 Å². The van der Waals surface area contributed by atoms with E-state index in [9.17, 15) is 4.79 Å². The van der Waals surface area contributed by atoms with Crippen molar-refractivity contribution in [3.05, 3.63) is 72.8 Å². The fraction of sp³-hybridized carbons (Fsp3) is 0.238. The minimum absolute atomic E-state index is 0.0398. The van der Waals surface area contributed by atoms with E-state index in [1.165, 1.54) is 0 Å². The van der Waals surface area contributed by atoms with Crippen LogP contribution in [-0.2, 0) is 4.79 Å². The Morgan fingerprint density at radius 2 is 1.89 bits per heavy atom. The number of nitrogens with zero attached hydrogens (tertiary/aromatic N) is 2. The monoisotopic (exact) mass is 381 g/mol. The number of hydrogen-bond acceptors (Lipinski definition) is 6. The van der Waals surface area contributed by atoms with Crippen LogP contribution < -0.4 is 14.8 Å². The molecule has 3 aromatic rings. The van der Waals surface area contributed by atoms with E-state index in [-0.39, 0.29) is 18.6 Å². The molecule has 3 rings (SSSR count). The molecular formula is C21H23N3O4. The topological polar surface area (TPSA) is 76.8 Å². The summed E-state index contributed by atoms with van der Waals surface area (Å²) < 4.78 is 16.6. The zero-order valence-corrected chi connectivity index (χ0v) is 15.9. The van der Waals surface area contributed by atoms with Gasteiger partial charge in [-0.3, -0.25) is 9.69 Å². The number of aromatic nitrogens is 1. The first-order valence-electron chi connectivity index (χ1n) is 8.90. The molecular weight excluding hydrogens is 358 g/mol. The molecule has 0 unspecified atom stereocenters. The summed E-state index contributed by atoms with van der Waals surface area (Å²) >= 11 is 0. The summed E-state index contributed by atoms with van der Waals surface area (Å²) in [5, 5.41) is 2.87. The Hall–Kier alpha value is -3.32. The molecule has 2 aromatic heterocycles. The van der Waals surface area contributed by atoms with E-state index in [0.717, 1.165) is 5.76 Å². The van der Waals surface area contributed by atoms with Crippen LogP contribution in [0.15, 0.2) is 71.5 Å². The SMILES string of the molecule is CN(C)[C@H](CNC(=O)COc1ccc(Oc2ccccn2)cc1)c1ccco1. The van der Waals surface area contributed by atoms with Gasteiger partial charge >= 0.3 is 0 Å². The van der Waals surface area contributed by atoms with Crippen molar-refractivity contribution in [2.75, 3.05) is 27.2 Å². The van der Waals surface area contributed by atoms with E-state index in [1.807, 2.05) is 43.3 Å². The number of likely N-dealkylation sites (N-methyl/N-ethyl adjacent to an activating group) is 1. The van der Waals surface area contributed by atoms with Crippen molar-refractivity contribution in [1.82, 2.24) is 15.2 Å². The van der Waals surface area contributed by atoms with Gasteiger partial charge in [-0.2, -0.15) is 0 Å². The Morgan fingerprint density at radius 1 is 1.11 bits per heavy atom. The third-order valence-corrected chi connectivity index (χ3v) is 4.04. The molecule has 0 saturated carbocycles. The van der Waals surface area contributed by atoms with Gasteiger partial charge in [-0.25, -0.2) is 4.98 Å². The van der Waals surface area contributed by atoms with Crippen LogP contribution in [0.5, 0.6) is 17.4 Å². The molecule has 0 bridgehead atoms. The van der Waals surface area contributed by atoms with Gasteiger partial charge in [-0.1, -0.05) is 6.07 Å². The number of carbonyl (C=O) groups is 1. The van der Waals surface area contributed by atoms with Crippen molar-refractivity contribution in [3.8, 4) is 17.4 Å². The number of benzene rings is 1. The van der Waals surface area contributed by atoms with Crippen molar-refractivity contribution in [2.24, 2.45) is 0 Å². The van der Waals surface area contributed by atoms with Crippen molar-refractivity contribution in [2.45, 2.75) is 6.04 Å². The highest BCUT2D eigenvalue weighted by Gasteiger charge is 2.17. The van der Waals surface area contributed by atoms with Gasteiger partial charge in [-0.15, -0.1) is 0 Å². The molecule has 0 saturated heterocycles. The highest BCUT2D eigenvalue weighted by atomic mass is 16.5. The number of hydrogen-bond donors (Lipinski definition) is 1. The van der Waals surface area contributed by atoms with Crippen molar-refractivity contribution in [1.29, 1.82) is 0 Å². The molecule has 0 aliphatic carbocycles. The van der Waals surface area contributed by atoms with Gasteiger partial charge in [0.1, 0.15) is 17.3 Å². The first-order valence-corrected chi connectivity index (χ1v) is 8.90. The largest absolute Gasteiger partial charge is 0.484 e. The van der Waals surface area contributed by atoms with Crippen LogP contribution in [0.4, 0.5) is 0 Å². The minimum atomic E-state index is -0.202. The molecule has 2 heterocycles. The standard InChI is InChI=1S/C21H23N3O4/c1-24(2)18(19-6-5-13-26-19)14-23-20(25)15-27-16-8-10-17(11-9-16)28-21-7-3-4-12-22-21/h3-13,18H,14-15H2,1-2H3,(H,23,25)/t18-/m1/s1. The molecule has 28 heavy (non-hydrogen) atoms. The van der Waals surface area contributed by atoms with E-state index in [2.05, 4.69) is 10.3 Å². The van der Waals surface area contributed by atoms with E-state index in [4.69, 9.17) is 13.9 Å². The minimum Gasteiger partial charge on any atom is -0.484 e. The van der Waals surface area contributed by atoms with Gasteiger partial charge in [-0.05, 0) is 56.6 Å². The Balaban J connectivity index is 1.45. The Bertz CT molecular complexity index is 849. The molecule has 0 aliphatic heterocycles. The summed E-state index contributed by atoms with van der Waals surface area (Å²) in [6.07, 6.45) is 3.29. The normalized spacial score (nSPS) is 11.8. The highest BCUT2D eigenvalue weighted by molar-refractivity contribution is 5.77. The van der Waals surface area contributed by atoms with Crippen molar-refractivity contribution >= 4 is 5.91 Å². The number of pyridine rings is 1. The molecule has 1 aromatic carbocycles. The Morgan fingerprint density at radius 3 is 2.54 bits per heavy atom. The smallest absolute Gasteiger partial charge is 0.258 e. The van der Waals surface area contributed by atoms with Crippen LogP contribution in [0.3, 0.4) is 0 Å². The van der Waals surface area contributed by atoms with Gasteiger partial charge in [0.25, 0.3) is 5.91 Å². The summed E-state index contributed by atoms with van der Waals surface area (Å²) in [4.78, 5) is 18.2. The second-order valence-electron chi connectivity index (χ2n) is 6.33. The summed E-state index contributed by atoms with van der Waals surface area (Å²) in [7, 11) is 3.87. The predicted octanol–water partition coefficient (Wildman–Crippen LogP) is 3.26. The molecule has 1 atom stereocenters. The van der Waals surface area contributed by atoms with Crippen molar-refractivity contribution in [3.63, 3.8) is 0 Å². The lowest BCUT2D eigenvalue weighted by Gasteiger charge is -2.22. The summed E-state index contributed by atoms with van der Waals surface area (Å²) in [6, 6.07) is 16.2. The van der Waals surface area contributed by atoms with Crippen LogP contribution in [0, 0.1) is 0 Å². The Labute approximate surface area is 163 Å². The number of amides is 1. The first kappa shape index (κ1) is 19.4. The maximum Gasteiger partial charge on any atom is 0.258 e. The van der Waals surface area contributed by atoms with Gasteiger partial charge in [0.2, 0.25) is 5.88 Å². The number of furan rings is 1. The molecule has 7 heteroatoms. The van der Waals surface area contributed by atoms with E-state index in [0.29, 0.717) is 23.9 Å². The second kappa shape index (κ2) is 9.57. The fourth-order valence-electron chi connectivity index (χ4n) is 2.56. The number of rotatable bonds is 9. The van der Waals surface area contributed by atoms with Crippen LogP contribution in [0.2, 0.25) is 0 Å². The summed E-state index contributed by atoms with van der Waals surface area (Å²) in [5.74, 6) is 2.34. The Kier molecular flexibility index (Phi) is 6.64. The third kappa shape index (κ3) is 5.59. The highest BCUT2D eigenvalue weighted by Crippen LogP contribution is 2.22. The molecule has 0 fully saturated rings. The average molecular weight is 381 g/mol. The molecule has 0 radical (unpaired) electrons. The molecule has 0 aliphatic rings. The first-order chi connectivity index (χ1) is 13.6. The zero-order chi connectivity index (χ0) is 19.8. The van der Waals surface area contributed by atoms with Gasteiger partial charge in [0.05, 0.1) is 12.3 Å². The van der Waals surface area contributed by atoms with Crippen LogP contribution in [0.25, 0.3) is 0 Å². The van der Waals surface area contributed by atoms with E-state index in [1.54, 1.807) is 42.8 Å². The molecule has 146 valence electrons. The van der Waals surface area contributed by atoms with Crippen LogP contribution in [0.1, 0.15) is 11.8 Å². The van der Waals surface area contributed by atoms with Gasteiger partial charge in [0, 0.05) is 18.8 Å². The molecule has 0 spiro atoms. The quantitative estimate of drug-likeness (QED) is 0.613. The number of nitrogens with one attached hydrogen (secondary N) is 1. The second-order valence-corrected chi connectivity index (χ2v) is 6.33. The molecule has 7 nitrogen and oxygen atoms in total. The van der Waals surface area contributed by atoms with Crippen LogP contribution in [-0.4, -0.2) is 43.0 Å². The lowest BCUT2D eigenvalue weighted by atomic mass is 10.2. The molecule has 1 N–H and O–H groups in total. The molecule has 1 amide bonds. The zero-order valence-electron chi connectivity index (χ0n) is 15.9. The van der Waals surface area contributed by atoms with Crippen molar-refractivity contribution < 1.29 is 18.7 Å². The summed E-state index contributed by atoms with van der Waals surface area (Å²) in [5.41, 5.74) is 0. The lowest BCUT2D eigenvalue weighted by molar-refractivity contribution is -0.123. The third-order valence-electron chi connectivity index (χ3n) is 4.04. The predicted molar refractivity (Wildman–Crippen MR) is 104 cm³/mol. The average Bonchev–Trinajstić information content (AvgIpc) is 3.22. The lowest BCUT2D eigenvalue weighted by Crippen LogP contribution is -2.36. The number of ether oxygens (including phenoxy) is 2. The maximum atomic E-state index is 12.1. The summed E-state index contributed by atoms with van der Waals surface area (Å²) in [6.45, 7) is 0.359. The van der Waals surface area contributed by atoms with E-state index >= 15 is 0 Å². The maximum absolute atomic E-state index is 12.1. The van der Waals surface area contributed by atoms with Crippen LogP contribution >= 0.6 is 0 Å². The number of carbonyl (C=O) groups excluding carboxylic acids is 1. The van der Waals surface area contributed by atoms with Gasteiger partial charge < -0.3 is 19.2 Å². The fourth-order valence-corrected chi connectivity index (χ4v) is 2.56. The van der Waals surface area contributed by atoms with Gasteiger partial charge in [0.15, 0.2) is 6.61 Å².